The van der Waals surface area contributed by atoms with Crippen LogP contribution in [0.5, 0.6) is 0 Å². The number of rotatable bonds is 8. The van der Waals surface area contributed by atoms with E-state index in [-0.39, 0.29) is 12.1 Å². The zero-order valence-corrected chi connectivity index (χ0v) is 13.4. The minimum absolute atomic E-state index is 0.0877. The van der Waals surface area contributed by atoms with E-state index in [1.54, 1.807) is 18.4 Å². The molecule has 0 aliphatic rings. The number of thiazole rings is 1. The molecule has 114 valence electrons. The van der Waals surface area contributed by atoms with Gasteiger partial charge in [-0.3, -0.25) is 11.3 Å². The predicted octanol–water partition coefficient (Wildman–Crippen LogP) is 3.00. The molecule has 0 bridgehead atoms. The molecule has 2 unspecified atom stereocenters. The number of aromatic nitrogens is 1. The fourth-order valence-corrected chi connectivity index (χ4v) is 3.26. The van der Waals surface area contributed by atoms with Crippen LogP contribution in [-0.4, -0.2) is 24.2 Å². The standard InChI is InChI=1S/C16H23N3OS/c1-3-7-15(20-2)13(19-17)10-16-18-14(11-21-16)12-8-5-4-6-9-12/h4-6,8-9,11,13,15,19H,3,7,10,17H2,1-2H3. The van der Waals surface area contributed by atoms with Crippen molar-refractivity contribution in [2.45, 2.75) is 38.3 Å². The Hall–Kier alpha value is -1.27. The normalized spacial score (nSPS) is 14.0. The average molecular weight is 305 g/mol. The van der Waals surface area contributed by atoms with Crippen LogP contribution < -0.4 is 11.3 Å². The minimum atomic E-state index is 0.0877. The van der Waals surface area contributed by atoms with Gasteiger partial charge in [0, 0.05) is 24.5 Å². The van der Waals surface area contributed by atoms with Crippen LogP contribution in [0.3, 0.4) is 0 Å². The molecule has 2 rings (SSSR count). The summed E-state index contributed by atoms with van der Waals surface area (Å²) in [6.07, 6.45) is 2.96. The van der Waals surface area contributed by atoms with E-state index in [0.717, 1.165) is 35.5 Å². The maximum absolute atomic E-state index is 5.69. The molecule has 2 atom stereocenters. The number of hydrazine groups is 1. The molecule has 21 heavy (non-hydrogen) atoms. The molecule has 0 saturated heterocycles. The van der Waals surface area contributed by atoms with Gasteiger partial charge in [-0.15, -0.1) is 11.3 Å². The highest BCUT2D eigenvalue weighted by molar-refractivity contribution is 7.09. The Kier molecular flexibility index (Phi) is 6.32. The first-order valence-electron chi connectivity index (χ1n) is 7.27. The lowest BCUT2D eigenvalue weighted by Crippen LogP contribution is -2.46. The second kappa shape index (κ2) is 8.24. The maximum atomic E-state index is 5.69. The quantitative estimate of drug-likeness (QED) is 0.581. The summed E-state index contributed by atoms with van der Waals surface area (Å²) in [6, 6.07) is 10.3. The van der Waals surface area contributed by atoms with Gasteiger partial charge < -0.3 is 4.74 Å². The average Bonchev–Trinajstić information content (AvgIpc) is 3.00. The topological polar surface area (TPSA) is 60.2 Å². The van der Waals surface area contributed by atoms with Crippen molar-refractivity contribution in [1.29, 1.82) is 0 Å². The summed E-state index contributed by atoms with van der Waals surface area (Å²) in [5, 5.41) is 3.18. The predicted molar refractivity (Wildman–Crippen MR) is 88.1 cm³/mol. The first-order chi connectivity index (χ1) is 10.3. The van der Waals surface area contributed by atoms with Gasteiger partial charge in [-0.25, -0.2) is 4.98 Å². The largest absolute Gasteiger partial charge is 0.380 e. The third-order valence-electron chi connectivity index (χ3n) is 3.55. The number of nitrogens with zero attached hydrogens (tertiary/aromatic N) is 1. The van der Waals surface area contributed by atoms with Gasteiger partial charge in [-0.05, 0) is 6.42 Å². The summed E-state index contributed by atoms with van der Waals surface area (Å²) in [5.41, 5.74) is 5.05. The maximum Gasteiger partial charge on any atom is 0.0949 e. The zero-order chi connectivity index (χ0) is 15.1. The van der Waals surface area contributed by atoms with Crippen LogP contribution in [0.2, 0.25) is 0 Å². The molecule has 5 heteroatoms. The van der Waals surface area contributed by atoms with Crippen molar-refractivity contribution in [2.24, 2.45) is 5.84 Å². The number of methoxy groups -OCH3 is 1. The SMILES string of the molecule is CCCC(OC)C(Cc1nc(-c2ccccc2)cs1)NN. The molecule has 0 aliphatic heterocycles. The second-order valence-corrected chi connectivity index (χ2v) is 5.98. The number of benzene rings is 1. The molecule has 0 amide bonds. The Morgan fingerprint density at radius 2 is 2.10 bits per heavy atom. The fraction of sp³-hybridized carbons (Fsp3) is 0.438. The lowest BCUT2D eigenvalue weighted by atomic mass is 10.0. The lowest BCUT2D eigenvalue weighted by Gasteiger charge is -2.24. The van der Waals surface area contributed by atoms with Gasteiger partial charge in [0.05, 0.1) is 22.8 Å². The summed E-state index contributed by atoms with van der Waals surface area (Å²) >= 11 is 1.67. The molecule has 0 fully saturated rings. The van der Waals surface area contributed by atoms with Crippen molar-refractivity contribution in [2.75, 3.05) is 7.11 Å². The monoisotopic (exact) mass is 305 g/mol. The Morgan fingerprint density at radius 1 is 1.33 bits per heavy atom. The van der Waals surface area contributed by atoms with Crippen LogP contribution in [0.1, 0.15) is 24.8 Å². The van der Waals surface area contributed by atoms with Crippen LogP contribution in [0.4, 0.5) is 0 Å². The summed E-state index contributed by atoms with van der Waals surface area (Å²) in [6.45, 7) is 2.15. The van der Waals surface area contributed by atoms with Crippen molar-refractivity contribution < 1.29 is 4.74 Å². The highest BCUT2D eigenvalue weighted by Gasteiger charge is 2.21. The summed E-state index contributed by atoms with van der Waals surface area (Å²) in [7, 11) is 1.74. The molecular formula is C16H23N3OS. The van der Waals surface area contributed by atoms with E-state index in [4.69, 9.17) is 15.6 Å². The molecule has 2 aromatic rings. The van der Waals surface area contributed by atoms with E-state index in [2.05, 4.69) is 29.9 Å². The fourth-order valence-electron chi connectivity index (χ4n) is 2.40. The van der Waals surface area contributed by atoms with Crippen molar-refractivity contribution in [1.82, 2.24) is 10.4 Å². The molecule has 0 aliphatic carbocycles. The number of nitrogens with one attached hydrogen (secondary N) is 1. The minimum Gasteiger partial charge on any atom is -0.380 e. The van der Waals surface area contributed by atoms with Crippen LogP contribution in [0.15, 0.2) is 35.7 Å². The third-order valence-corrected chi connectivity index (χ3v) is 4.43. The smallest absolute Gasteiger partial charge is 0.0949 e. The van der Waals surface area contributed by atoms with E-state index in [1.165, 1.54) is 0 Å². The van der Waals surface area contributed by atoms with Gasteiger partial charge in [-0.2, -0.15) is 0 Å². The van der Waals surface area contributed by atoms with Crippen molar-refractivity contribution in [3.05, 3.63) is 40.7 Å². The first-order valence-corrected chi connectivity index (χ1v) is 8.15. The molecule has 0 saturated carbocycles. The Bertz CT molecular complexity index is 529. The summed E-state index contributed by atoms with van der Waals surface area (Å²) in [5.74, 6) is 5.69. The van der Waals surface area contributed by atoms with E-state index >= 15 is 0 Å². The third kappa shape index (κ3) is 4.35. The molecule has 0 radical (unpaired) electrons. The Balaban J connectivity index is 2.07. The van der Waals surface area contributed by atoms with Crippen molar-refractivity contribution in [3.63, 3.8) is 0 Å². The van der Waals surface area contributed by atoms with Gasteiger partial charge in [0.15, 0.2) is 0 Å². The molecule has 0 spiro atoms. The molecule has 4 nitrogen and oxygen atoms in total. The van der Waals surface area contributed by atoms with Crippen LogP contribution in [0, 0.1) is 0 Å². The van der Waals surface area contributed by atoms with Crippen LogP contribution >= 0.6 is 11.3 Å². The first kappa shape index (κ1) is 16.1. The van der Waals surface area contributed by atoms with Crippen LogP contribution in [0.25, 0.3) is 11.3 Å². The zero-order valence-electron chi connectivity index (χ0n) is 12.6. The van der Waals surface area contributed by atoms with Crippen molar-refractivity contribution in [3.8, 4) is 11.3 Å². The van der Waals surface area contributed by atoms with Gasteiger partial charge in [0.1, 0.15) is 0 Å². The van der Waals surface area contributed by atoms with Crippen molar-refractivity contribution >= 4 is 11.3 Å². The van der Waals surface area contributed by atoms with E-state index < -0.39 is 0 Å². The van der Waals surface area contributed by atoms with Gasteiger partial charge in [-0.1, -0.05) is 43.7 Å². The highest BCUT2D eigenvalue weighted by atomic mass is 32.1. The molecule has 1 aromatic heterocycles. The molecular weight excluding hydrogens is 282 g/mol. The van der Waals surface area contributed by atoms with Crippen LogP contribution in [-0.2, 0) is 11.2 Å². The summed E-state index contributed by atoms with van der Waals surface area (Å²) < 4.78 is 5.54. The van der Waals surface area contributed by atoms with Gasteiger partial charge in [0.25, 0.3) is 0 Å². The molecule has 3 N–H and O–H groups in total. The second-order valence-electron chi connectivity index (χ2n) is 5.03. The van der Waals surface area contributed by atoms with Gasteiger partial charge >= 0.3 is 0 Å². The van der Waals surface area contributed by atoms with E-state index in [0.29, 0.717) is 0 Å². The summed E-state index contributed by atoms with van der Waals surface area (Å²) in [4.78, 5) is 4.71. The number of nitrogens with two attached hydrogens (primary N) is 1. The Labute approximate surface area is 130 Å². The lowest BCUT2D eigenvalue weighted by molar-refractivity contribution is 0.0609. The van der Waals surface area contributed by atoms with E-state index in [9.17, 15) is 0 Å². The Morgan fingerprint density at radius 3 is 2.71 bits per heavy atom. The number of ether oxygens (including phenoxy) is 1. The number of hydrogen-bond acceptors (Lipinski definition) is 5. The number of hydrogen-bond donors (Lipinski definition) is 2. The van der Waals surface area contributed by atoms with Gasteiger partial charge in [0.2, 0.25) is 0 Å². The molecule has 1 aromatic carbocycles. The molecule has 1 heterocycles. The highest BCUT2D eigenvalue weighted by Crippen LogP contribution is 2.23. The van der Waals surface area contributed by atoms with E-state index in [1.807, 2.05) is 18.2 Å².